The minimum Gasteiger partial charge on any atom is -0.481 e. The van der Waals surface area contributed by atoms with Gasteiger partial charge in [-0.15, -0.1) is 0 Å². The highest BCUT2D eigenvalue weighted by molar-refractivity contribution is 5.75. The molecule has 0 aromatic rings. The van der Waals surface area contributed by atoms with E-state index in [0.29, 0.717) is 6.04 Å². The first-order valence-electron chi connectivity index (χ1n) is 8.05. The third-order valence-electron chi connectivity index (χ3n) is 5.46. The predicted molar refractivity (Wildman–Crippen MR) is 77.2 cm³/mol. The molecule has 0 aromatic carbocycles. The molecule has 0 aromatic heterocycles. The average molecular weight is 267 g/mol. The zero-order valence-electron chi connectivity index (χ0n) is 12.5. The summed E-state index contributed by atoms with van der Waals surface area (Å²) < 4.78 is 0. The Balaban J connectivity index is 2.05. The molecule has 2 unspecified atom stereocenters. The Morgan fingerprint density at radius 2 is 1.95 bits per heavy atom. The van der Waals surface area contributed by atoms with Gasteiger partial charge in [-0.1, -0.05) is 32.6 Å². The van der Waals surface area contributed by atoms with Crippen LogP contribution < -0.4 is 0 Å². The zero-order valence-corrected chi connectivity index (χ0v) is 12.5. The normalized spacial score (nSPS) is 32.1. The molecular formula is C16H29NO2. The summed E-state index contributed by atoms with van der Waals surface area (Å²) in [4.78, 5) is 14.3. The number of piperidine rings is 1. The molecule has 2 fully saturated rings. The van der Waals surface area contributed by atoms with Gasteiger partial charge in [-0.2, -0.15) is 0 Å². The van der Waals surface area contributed by atoms with Crippen LogP contribution in [-0.2, 0) is 4.79 Å². The smallest absolute Gasteiger partial charge is 0.310 e. The van der Waals surface area contributed by atoms with Crippen LogP contribution in [0.2, 0.25) is 0 Å². The fraction of sp³-hybridized carbons (Fsp3) is 0.938. The largest absolute Gasteiger partial charge is 0.481 e. The number of aliphatic carboxylic acids is 1. The fourth-order valence-electron chi connectivity index (χ4n) is 3.87. The number of carboxylic acid groups (broad SMARTS) is 1. The lowest BCUT2D eigenvalue weighted by molar-refractivity contribution is -0.153. The van der Waals surface area contributed by atoms with Crippen LogP contribution in [0.3, 0.4) is 0 Å². The molecule has 2 aliphatic rings. The Hall–Kier alpha value is -0.570. The van der Waals surface area contributed by atoms with Gasteiger partial charge in [-0.25, -0.2) is 0 Å². The molecule has 0 radical (unpaired) electrons. The van der Waals surface area contributed by atoms with Gasteiger partial charge < -0.3 is 5.11 Å². The van der Waals surface area contributed by atoms with E-state index in [4.69, 9.17) is 0 Å². The van der Waals surface area contributed by atoms with Crippen LogP contribution in [0.5, 0.6) is 0 Å². The first kappa shape index (κ1) is 14.8. The summed E-state index contributed by atoms with van der Waals surface area (Å²) in [6.45, 7) is 6.41. The summed E-state index contributed by atoms with van der Waals surface area (Å²) >= 11 is 0. The van der Waals surface area contributed by atoms with Crippen LogP contribution in [-0.4, -0.2) is 35.1 Å². The van der Waals surface area contributed by atoms with Crippen LogP contribution in [0.1, 0.15) is 65.2 Å². The van der Waals surface area contributed by atoms with Gasteiger partial charge in [0.15, 0.2) is 0 Å². The number of likely N-dealkylation sites (tertiary alicyclic amines) is 1. The lowest BCUT2D eigenvalue weighted by Gasteiger charge is -2.44. The lowest BCUT2D eigenvalue weighted by atomic mass is 9.73. The Bertz CT molecular complexity index is 310. The summed E-state index contributed by atoms with van der Waals surface area (Å²) in [6.07, 6.45) is 8.91. The SMILES string of the molecule is CCC1CCC(C)N(CC2(C(=O)O)CCCCC2)C1. The van der Waals surface area contributed by atoms with E-state index < -0.39 is 11.4 Å². The van der Waals surface area contributed by atoms with Crippen molar-refractivity contribution in [2.45, 2.75) is 71.3 Å². The van der Waals surface area contributed by atoms with Gasteiger partial charge in [0.1, 0.15) is 0 Å². The molecule has 0 amide bonds. The van der Waals surface area contributed by atoms with E-state index in [0.717, 1.165) is 44.7 Å². The molecule has 2 atom stereocenters. The van der Waals surface area contributed by atoms with E-state index in [1.54, 1.807) is 0 Å². The van der Waals surface area contributed by atoms with Gasteiger partial charge in [0.2, 0.25) is 0 Å². The minimum absolute atomic E-state index is 0.456. The van der Waals surface area contributed by atoms with Gasteiger partial charge in [0.05, 0.1) is 5.41 Å². The van der Waals surface area contributed by atoms with Gasteiger partial charge in [0, 0.05) is 19.1 Å². The highest BCUT2D eigenvalue weighted by atomic mass is 16.4. The lowest BCUT2D eigenvalue weighted by Crippen LogP contribution is -2.50. The molecule has 3 heteroatoms. The number of hydrogen-bond donors (Lipinski definition) is 1. The van der Waals surface area contributed by atoms with Crippen molar-refractivity contribution in [2.24, 2.45) is 11.3 Å². The average Bonchev–Trinajstić information content (AvgIpc) is 2.42. The number of hydrogen-bond acceptors (Lipinski definition) is 2. The summed E-state index contributed by atoms with van der Waals surface area (Å²) in [5.74, 6) is 0.212. The summed E-state index contributed by atoms with van der Waals surface area (Å²) in [5, 5.41) is 9.70. The summed E-state index contributed by atoms with van der Waals surface area (Å²) in [5.41, 5.74) is -0.456. The third-order valence-corrected chi connectivity index (χ3v) is 5.46. The first-order valence-corrected chi connectivity index (χ1v) is 8.05. The third kappa shape index (κ3) is 3.31. The van der Waals surface area contributed by atoms with Crippen molar-refractivity contribution in [3.8, 4) is 0 Å². The Kier molecular flexibility index (Phi) is 4.88. The van der Waals surface area contributed by atoms with Gasteiger partial charge in [-0.05, 0) is 38.5 Å². The monoisotopic (exact) mass is 267 g/mol. The van der Waals surface area contributed by atoms with E-state index in [1.165, 1.54) is 25.7 Å². The standard InChI is InChI=1S/C16H29NO2/c1-3-14-8-7-13(2)17(11-14)12-16(15(18)19)9-5-4-6-10-16/h13-14H,3-12H2,1-2H3,(H,18,19). The molecule has 1 saturated heterocycles. The molecule has 2 rings (SSSR count). The predicted octanol–water partition coefficient (Wildman–Crippen LogP) is 3.53. The second-order valence-corrected chi connectivity index (χ2v) is 6.78. The maximum Gasteiger partial charge on any atom is 0.310 e. The maximum atomic E-state index is 11.8. The molecule has 1 saturated carbocycles. The maximum absolute atomic E-state index is 11.8. The van der Waals surface area contributed by atoms with E-state index in [2.05, 4.69) is 18.7 Å². The molecule has 3 nitrogen and oxygen atoms in total. The summed E-state index contributed by atoms with van der Waals surface area (Å²) in [7, 11) is 0. The van der Waals surface area contributed by atoms with Crippen molar-refractivity contribution in [3.63, 3.8) is 0 Å². The van der Waals surface area contributed by atoms with E-state index >= 15 is 0 Å². The number of rotatable bonds is 4. The van der Waals surface area contributed by atoms with Crippen LogP contribution in [0, 0.1) is 11.3 Å². The van der Waals surface area contributed by atoms with Gasteiger partial charge in [0.25, 0.3) is 0 Å². The molecule has 19 heavy (non-hydrogen) atoms. The molecule has 1 aliphatic heterocycles. The quantitative estimate of drug-likeness (QED) is 0.847. The molecule has 1 aliphatic carbocycles. The van der Waals surface area contributed by atoms with Gasteiger partial charge >= 0.3 is 5.97 Å². The number of nitrogens with zero attached hydrogens (tertiary/aromatic N) is 1. The van der Waals surface area contributed by atoms with E-state index in [1.807, 2.05) is 0 Å². The van der Waals surface area contributed by atoms with Crippen LogP contribution >= 0.6 is 0 Å². The molecule has 0 bridgehead atoms. The van der Waals surface area contributed by atoms with Crippen molar-refractivity contribution >= 4 is 5.97 Å². The second-order valence-electron chi connectivity index (χ2n) is 6.78. The first-order chi connectivity index (χ1) is 9.07. The fourth-order valence-corrected chi connectivity index (χ4v) is 3.87. The second kappa shape index (κ2) is 6.25. The molecule has 0 spiro atoms. The van der Waals surface area contributed by atoms with Crippen molar-refractivity contribution in [1.82, 2.24) is 4.90 Å². The van der Waals surface area contributed by atoms with Crippen molar-refractivity contribution in [3.05, 3.63) is 0 Å². The highest BCUT2D eigenvalue weighted by Crippen LogP contribution is 2.39. The Morgan fingerprint density at radius 1 is 1.26 bits per heavy atom. The molecule has 1 heterocycles. The van der Waals surface area contributed by atoms with Gasteiger partial charge in [-0.3, -0.25) is 9.69 Å². The van der Waals surface area contributed by atoms with Crippen LogP contribution in [0.15, 0.2) is 0 Å². The number of carbonyl (C=O) groups is 1. The Labute approximate surface area is 117 Å². The van der Waals surface area contributed by atoms with E-state index in [-0.39, 0.29) is 0 Å². The zero-order chi connectivity index (χ0) is 13.9. The topological polar surface area (TPSA) is 40.5 Å². The van der Waals surface area contributed by atoms with Crippen molar-refractivity contribution < 1.29 is 9.90 Å². The minimum atomic E-state index is -0.557. The van der Waals surface area contributed by atoms with Crippen LogP contribution in [0.25, 0.3) is 0 Å². The number of carboxylic acids is 1. The summed E-state index contributed by atoms with van der Waals surface area (Å²) in [6, 6.07) is 0.556. The Morgan fingerprint density at radius 3 is 2.53 bits per heavy atom. The molecular weight excluding hydrogens is 238 g/mol. The molecule has 1 N–H and O–H groups in total. The van der Waals surface area contributed by atoms with Crippen molar-refractivity contribution in [1.29, 1.82) is 0 Å². The molecule has 110 valence electrons. The highest BCUT2D eigenvalue weighted by Gasteiger charge is 2.42. The van der Waals surface area contributed by atoms with Crippen molar-refractivity contribution in [2.75, 3.05) is 13.1 Å². The van der Waals surface area contributed by atoms with E-state index in [9.17, 15) is 9.90 Å². The van der Waals surface area contributed by atoms with Crippen LogP contribution in [0.4, 0.5) is 0 Å².